The van der Waals surface area contributed by atoms with Gasteiger partial charge in [0.1, 0.15) is 11.4 Å². The molecule has 0 saturated carbocycles. The first-order valence-corrected chi connectivity index (χ1v) is 10.1. The predicted molar refractivity (Wildman–Crippen MR) is 119 cm³/mol. The van der Waals surface area contributed by atoms with Gasteiger partial charge in [-0.2, -0.15) is 5.10 Å². The number of hydrogen-bond acceptors (Lipinski definition) is 5. The van der Waals surface area contributed by atoms with Gasteiger partial charge in [0.25, 0.3) is 5.91 Å². The normalized spacial score (nSPS) is 11.5. The Morgan fingerprint density at radius 3 is 2.58 bits per heavy atom. The van der Waals surface area contributed by atoms with Crippen LogP contribution in [0.15, 0.2) is 60.9 Å². The lowest BCUT2D eigenvalue weighted by atomic mass is 9.93. The van der Waals surface area contributed by atoms with Gasteiger partial charge in [-0.15, -0.1) is 0 Å². The van der Waals surface area contributed by atoms with Gasteiger partial charge in [-0.05, 0) is 35.9 Å². The smallest absolute Gasteiger partial charge is 0.270 e. The molecule has 1 aromatic carbocycles. The van der Waals surface area contributed by atoms with E-state index >= 15 is 0 Å². The molecule has 158 valence electrons. The van der Waals surface area contributed by atoms with Crippen molar-refractivity contribution in [2.45, 2.75) is 32.7 Å². The van der Waals surface area contributed by atoms with Gasteiger partial charge in [-0.3, -0.25) is 9.78 Å². The van der Waals surface area contributed by atoms with Crippen LogP contribution in [0.2, 0.25) is 0 Å². The average Bonchev–Trinajstić information content (AvgIpc) is 3.22. The fourth-order valence-corrected chi connectivity index (χ4v) is 3.21. The topological polar surface area (TPSA) is 81.4 Å². The number of methoxy groups -OCH3 is 1. The fraction of sp³-hybridized carbons (Fsp3) is 0.250. The molecule has 4 rings (SSSR count). The summed E-state index contributed by atoms with van der Waals surface area (Å²) in [4.78, 5) is 21.9. The number of amides is 1. The Balaban J connectivity index is 1.78. The van der Waals surface area contributed by atoms with Crippen LogP contribution in [0, 0.1) is 0 Å². The Kier molecular flexibility index (Phi) is 5.42. The van der Waals surface area contributed by atoms with Crippen molar-refractivity contribution >= 4 is 11.6 Å². The van der Waals surface area contributed by atoms with Gasteiger partial charge in [-0.1, -0.05) is 32.9 Å². The minimum atomic E-state index is -0.225. The van der Waals surface area contributed by atoms with E-state index in [4.69, 9.17) is 9.72 Å². The summed E-state index contributed by atoms with van der Waals surface area (Å²) in [6.45, 7) is 6.65. The first-order valence-electron chi connectivity index (χ1n) is 10.1. The molecule has 3 aromatic heterocycles. The second-order valence-electron chi connectivity index (χ2n) is 8.35. The summed E-state index contributed by atoms with van der Waals surface area (Å²) in [5.74, 6) is 0.503. The third-order valence-corrected chi connectivity index (χ3v) is 5.00. The van der Waals surface area contributed by atoms with Gasteiger partial charge in [0.05, 0.1) is 18.5 Å². The summed E-state index contributed by atoms with van der Waals surface area (Å²) < 4.78 is 6.97. The molecule has 4 aromatic rings. The summed E-state index contributed by atoms with van der Waals surface area (Å²) in [5, 5.41) is 7.66. The molecule has 0 spiro atoms. The van der Waals surface area contributed by atoms with Gasteiger partial charge in [0.15, 0.2) is 5.65 Å². The molecular weight excluding hydrogens is 390 g/mol. The number of ether oxygens (including phenoxy) is 1. The lowest BCUT2D eigenvalue weighted by molar-refractivity contribution is 0.0943. The van der Waals surface area contributed by atoms with Crippen molar-refractivity contribution in [3.63, 3.8) is 0 Å². The van der Waals surface area contributed by atoms with E-state index in [1.807, 2.05) is 42.5 Å². The molecular formula is C24H25N5O2. The highest BCUT2D eigenvalue weighted by Gasteiger charge is 2.22. The molecule has 1 N–H and O–H groups in total. The van der Waals surface area contributed by atoms with Gasteiger partial charge < -0.3 is 10.1 Å². The molecule has 31 heavy (non-hydrogen) atoms. The summed E-state index contributed by atoms with van der Waals surface area (Å²) in [6.07, 6.45) is 3.41. The van der Waals surface area contributed by atoms with Crippen molar-refractivity contribution in [1.82, 2.24) is 24.9 Å². The molecule has 1 amide bonds. The first-order chi connectivity index (χ1) is 14.8. The van der Waals surface area contributed by atoms with Crippen molar-refractivity contribution in [2.75, 3.05) is 7.11 Å². The standard InChI is InChI=1S/C24H25N5O2/c1-24(2,3)21-14-22-27-19(17-6-5-7-18(12-17)31-4)13-20(29(22)28-21)23(30)26-15-16-8-10-25-11-9-16/h5-14H,15H2,1-4H3,(H,26,30). The van der Waals surface area contributed by atoms with Crippen molar-refractivity contribution in [2.24, 2.45) is 0 Å². The number of fused-ring (bicyclic) bond motifs is 1. The number of nitrogens with one attached hydrogen (secondary N) is 1. The number of carbonyl (C=O) groups is 1. The van der Waals surface area contributed by atoms with E-state index < -0.39 is 0 Å². The number of aromatic nitrogens is 4. The molecule has 0 radical (unpaired) electrons. The van der Waals surface area contributed by atoms with Crippen LogP contribution < -0.4 is 10.1 Å². The van der Waals surface area contributed by atoms with E-state index in [0.29, 0.717) is 23.6 Å². The van der Waals surface area contributed by atoms with Crippen LogP contribution in [0.5, 0.6) is 5.75 Å². The minimum absolute atomic E-state index is 0.172. The van der Waals surface area contributed by atoms with Gasteiger partial charge in [-0.25, -0.2) is 9.50 Å². The maximum atomic E-state index is 13.2. The Labute approximate surface area is 181 Å². The summed E-state index contributed by atoms with van der Waals surface area (Å²) in [7, 11) is 1.63. The van der Waals surface area contributed by atoms with Crippen molar-refractivity contribution in [3.8, 4) is 17.0 Å². The second kappa shape index (κ2) is 8.18. The molecule has 0 bridgehead atoms. The lowest BCUT2D eigenvalue weighted by Crippen LogP contribution is -2.26. The van der Waals surface area contributed by atoms with Crippen LogP contribution in [0.4, 0.5) is 0 Å². The average molecular weight is 415 g/mol. The zero-order valence-electron chi connectivity index (χ0n) is 18.1. The molecule has 3 heterocycles. The Morgan fingerprint density at radius 2 is 1.87 bits per heavy atom. The zero-order chi connectivity index (χ0) is 22.0. The van der Waals surface area contributed by atoms with Crippen molar-refractivity contribution < 1.29 is 9.53 Å². The molecule has 0 aliphatic rings. The summed E-state index contributed by atoms with van der Waals surface area (Å²) in [6, 6.07) is 15.1. The second-order valence-corrected chi connectivity index (χ2v) is 8.35. The molecule has 7 heteroatoms. The fourth-order valence-electron chi connectivity index (χ4n) is 3.21. The Bertz CT molecular complexity index is 1230. The third-order valence-electron chi connectivity index (χ3n) is 5.00. The van der Waals surface area contributed by atoms with Gasteiger partial charge in [0.2, 0.25) is 0 Å². The Morgan fingerprint density at radius 1 is 1.10 bits per heavy atom. The molecule has 0 atom stereocenters. The summed E-state index contributed by atoms with van der Waals surface area (Å²) in [5.41, 5.74) is 4.26. The predicted octanol–water partition coefficient (Wildman–Crippen LogP) is 4.03. The van der Waals surface area contributed by atoms with Crippen LogP contribution in [0.1, 0.15) is 42.5 Å². The molecule has 0 unspecified atom stereocenters. The highest BCUT2D eigenvalue weighted by atomic mass is 16.5. The molecule has 0 aliphatic carbocycles. The van der Waals surface area contributed by atoms with E-state index in [9.17, 15) is 4.79 Å². The van der Waals surface area contributed by atoms with Crippen LogP contribution in [0.3, 0.4) is 0 Å². The highest BCUT2D eigenvalue weighted by molar-refractivity contribution is 5.94. The zero-order valence-corrected chi connectivity index (χ0v) is 18.1. The monoisotopic (exact) mass is 415 g/mol. The summed E-state index contributed by atoms with van der Waals surface area (Å²) >= 11 is 0. The SMILES string of the molecule is COc1cccc(-c2cc(C(=O)NCc3ccncc3)n3nc(C(C)(C)C)cc3n2)c1. The quantitative estimate of drug-likeness (QED) is 0.532. The minimum Gasteiger partial charge on any atom is -0.497 e. The van der Waals surface area contributed by atoms with Crippen LogP contribution in [-0.4, -0.2) is 32.6 Å². The van der Waals surface area contributed by atoms with E-state index in [1.165, 1.54) is 0 Å². The van der Waals surface area contributed by atoms with Gasteiger partial charge in [0, 0.05) is 36.0 Å². The van der Waals surface area contributed by atoms with Gasteiger partial charge >= 0.3 is 0 Å². The number of benzene rings is 1. The van der Waals surface area contributed by atoms with Crippen LogP contribution >= 0.6 is 0 Å². The van der Waals surface area contributed by atoms with E-state index in [-0.39, 0.29) is 11.3 Å². The van der Waals surface area contributed by atoms with E-state index in [1.54, 1.807) is 30.1 Å². The van der Waals surface area contributed by atoms with E-state index in [0.717, 1.165) is 22.6 Å². The lowest BCUT2D eigenvalue weighted by Gasteiger charge is -2.13. The van der Waals surface area contributed by atoms with Crippen molar-refractivity contribution in [1.29, 1.82) is 0 Å². The number of nitrogens with zero attached hydrogens (tertiary/aromatic N) is 4. The number of rotatable bonds is 5. The largest absolute Gasteiger partial charge is 0.497 e. The number of pyridine rings is 1. The van der Waals surface area contributed by atoms with Crippen LogP contribution in [0.25, 0.3) is 16.9 Å². The number of carbonyl (C=O) groups excluding carboxylic acids is 1. The van der Waals surface area contributed by atoms with E-state index in [2.05, 4.69) is 36.2 Å². The first kappa shape index (κ1) is 20.5. The molecule has 0 aliphatic heterocycles. The van der Waals surface area contributed by atoms with Crippen molar-refractivity contribution in [3.05, 3.63) is 77.9 Å². The maximum absolute atomic E-state index is 13.2. The molecule has 0 saturated heterocycles. The van der Waals surface area contributed by atoms with Crippen LogP contribution in [-0.2, 0) is 12.0 Å². The third kappa shape index (κ3) is 4.40. The number of hydrogen-bond donors (Lipinski definition) is 1. The molecule has 0 fully saturated rings. The highest BCUT2D eigenvalue weighted by Crippen LogP contribution is 2.27. The Hall–Kier alpha value is -3.74. The molecule has 7 nitrogen and oxygen atoms in total. The maximum Gasteiger partial charge on any atom is 0.270 e.